The molecule has 0 fully saturated rings. The van der Waals surface area contributed by atoms with Crippen LogP contribution in [0.4, 0.5) is 0 Å². The molecular weight excluding hydrogens is 122 g/mol. The summed E-state index contributed by atoms with van der Waals surface area (Å²) in [5, 5.41) is 0. The second-order valence-electron chi connectivity index (χ2n) is 2.56. The number of pyridine rings is 1. The van der Waals surface area contributed by atoms with E-state index in [0.29, 0.717) is 0 Å². The smallest absolute Gasteiger partial charge is 0.0372 e. The van der Waals surface area contributed by atoms with Crippen molar-refractivity contribution in [2.45, 2.75) is 26.7 Å². The summed E-state index contributed by atoms with van der Waals surface area (Å²) >= 11 is 0. The monoisotopic (exact) mass is 135 g/mol. The molecule has 0 N–H and O–H groups in total. The molecule has 10 heavy (non-hydrogen) atoms. The number of hydrogen-bond donors (Lipinski definition) is 0. The highest BCUT2D eigenvalue weighted by atomic mass is 14.6. The lowest BCUT2D eigenvalue weighted by Gasteiger charge is -1.96. The molecule has 1 nitrogen and oxygen atoms in total. The lowest BCUT2D eigenvalue weighted by atomic mass is 10.2. The van der Waals surface area contributed by atoms with Crippen molar-refractivity contribution in [2.75, 3.05) is 0 Å². The van der Waals surface area contributed by atoms with Crippen LogP contribution in [-0.4, -0.2) is 4.98 Å². The fraction of sp³-hybridized carbons (Fsp3) is 0.444. The van der Waals surface area contributed by atoms with Gasteiger partial charge in [-0.2, -0.15) is 0 Å². The molecule has 0 aliphatic rings. The second-order valence-corrected chi connectivity index (χ2v) is 2.56. The fourth-order valence-electron chi connectivity index (χ4n) is 0.935. The van der Waals surface area contributed by atoms with Gasteiger partial charge in [0.15, 0.2) is 0 Å². The number of hydrogen-bond acceptors (Lipinski definition) is 1. The van der Waals surface area contributed by atoms with Crippen molar-refractivity contribution in [3.63, 3.8) is 0 Å². The van der Waals surface area contributed by atoms with Crippen LogP contribution in [-0.2, 0) is 6.42 Å². The van der Waals surface area contributed by atoms with Crippen LogP contribution in [0.3, 0.4) is 0 Å². The maximum absolute atomic E-state index is 4.20. The minimum Gasteiger partial charge on any atom is -0.261 e. The van der Waals surface area contributed by atoms with Gasteiger partial charge in [0, 0.05) is 11.9 Å². The minimum absolute atomic E-state index is 1.10. The number of aryl methyl sites for hydroxylation is 2. The molecule has 0 radical (unpaired) electrons. The SMILES string of the molecule is CCCc1ccc(C)nc1. The molecule has 1 heteroatoms. The Labute approximate surface area is 62.1 Å². The first-order chi connectivity index (χ1) is 4.83. The molecule has 0 unspecified atom stereocenters. The predicted octanol–water partition coefficient (Wildman–Crippen LogP) is 2.34. The minimum atomic E-state index is 1.10. The molecule has 0 spiro atoms. The summed E-state index contributed by atoms with van der Waals surface area (Å²) in [6.45, 7) is 4.19. The van der Waals surface area contributed by atoms with Gasteiger partial charge in [-0.05, 0) is 25.0 Å². The normalized spacial score (nSPS) is 9.80. The third-order valence-corrected chi connectivity index (χ3v) is 1.51. The molecule has 1 aromatic heterocycles. The van der Waals surface area contributed by atoms with Crippen LogP contribution in [0.5, 0.6) is 0 Å². The lowest BCUT2D eigenvalue weighted by Crippen LogP contribution is -1.85. The first-order valence-corrected chi connectivity index (χ1v) is 3.74. The van der Waals surface area contributed by atoms with Crippen LogP contribution in [0.1, 0.15) is 24.6 Å². The summed E-state index contributed by atoms with van der Waals surface area (Å²) in [6.07, 6.45) is 4.30. The molecule has 1 heterocycles. The molecule has 0 aliphatic heterocycles. The van der Waals surface area contributed by atoms with Gasteiger partial charge >= 0.3 is 0 Å². The topological polar surface area (TPSA) is 12.9 Å². The summed E-state index contributed by atoms with van der Waals surface area (Å²) < 4.78 is 0. The Balaban J connectivity index is 2.69. The van der Waals surface area contributed by atoms with E-state index in [1.165, 1.54) is 12.0 Å². The van der Waals surface area contributed by atoms with Crippen molar-refractivity contribution in [1.82, 2.24) is 4.98 Å². The van der Waals surface area contributed by atoms with Gasteiger partial charge in [-0.3, -0.25) is 4.98 Å². The number of aromatic nitrogens is 1. The van der Waals surface area contributed by atoms with Gasteiger partial charge < -0.3 is 0 Å². The maximum Gasteiger partial charge on any atom is 0.0372 e. The third-order valence-electron chi connectivity index (χ3n) is 1.51. The lowest BCUT2D eigenvalue weighted by molar-refractivity contribution is 0.910. The zero-order chi connectivity index (χ0) is 7.40. The Morgan fingerprint density at radius 1 is 1.40 bits per heavy atom. The Morgan fingerprint density at radius 3 is 2.70 bits per heavy atom. The Bertz CT molecular complexity index is 188. The molecule has 0 atom stereocenters. The molecule has 1 rings (SSSR count). The van der Waals surface area contributed by atoms with Crippen LogP contribution < -0.4 is 0 Å². The number of nitrogens with zero attached hydrogens (tertiary/aromatic N) is 1. The zero-order valence-electron chi connectivity index (χ0n) is 6.59. The Hall–Kier alpha value is -0.850. The van der Waals surface area contributed by atoms with Crippen LogP contribution in [0.2, 0.25) is 0 Å². The molecule has 0 aromatic carbocycles. The first kappa shape index (κ1) is 7.26. The van der Waals surface area contributed by atoms with Gasteiger partial charge in [0.25, 0.3) is 0 Å². The van der Waals surface area contributed by atoms with E-state index in [1.807, 2.05) is 13.1 Å². The average molecular weight is 135 g/mol. The molecule has 0 bridgehead atoms. The molecule has 0 amide bonds. The van der Waals surface area contributed by atoms with Crippen molar-refractivity contribution in [3.8, 4) is 0 Å². The van der Waals surface area contributed by atoms with E-state index < -0.39 is 0 Å². The van der Waals surface area contributed by atoms with Gasteiger partial charge in [0.05, 0.1) is 0 Å². The average Bonchev–Trinajstić information content (AvgIpc) is 1.95. The van der Waals surface area contributed by atoms with E-state index >= 15 is 0 Å². The van der Waals surface area contributed by atoms with Crippen LogP contribution in [0.25, 0.3) is 0 Å². The van der Waals surface area contributed by atoms with Crippen LogP contribution >= 0.6 is 0 Å². The van der Waals surface area contributed by atoms with E-state index in [1.54, 1.807) is 0 Å². The first-order valence-electron chi connectivity index (χ1n) is 3.74. The quantitative estimate of drug-likeness (QED) is 0.606. The van der Waals surface area contributed by atoms with E-state index in [-0.39, 0.29) is 0 Å². The van der Waals surface area contributed by atoms with E-state index in [0.717, 1.165) is 12.1 Å². The summed E-state index contributed by atoms with van der Waals surface area (Å²) in [7, 11) is 0. The molecule has 0 saturated carbocycles. The molecule has 1 aromatic rings. The third kappa shape index (κ3) is 1.83. The second kappa shape index (κ2) is 3.35. The van der Waals surface area contributed by atoms with E-state index in [9.17, 15) is 0 Å². The van der Waals surface area contributed by atoms with E-state index in [2.05, 4.69) is 24.0 Å². The van der Waals surface area contributed by atoms with Gasteiger partial charge in [-0.25, -0.2) is 0 Å². The highest BCUT2D eigenvalue weighted by molar-refractivity contribution is 5.12. The van der Waals surface area contributed by atoms with Crippen molar-refractivity contribution in [1.29, 1.82) is 0 Å². The predicted molar refractivity (Wildman–Crippen MR) is 43.0 cm³/mol. The molecule has 0 saturated heterocycles. The molecule has 54 valence electrons. The van der Waals surface area contributed by atoms with Crippen molar-refractivity contribution < 1.29 is 0 Å². The highest BCUT2D eigenvalue weighted by Crippen LogP contribution is 2.01. The van der Waals surface area contributed by atoms with Gasteiger partial charge in [-0.1, -0.05) is 19.4 Å². The van der Waals surface area contributed by atoms with Crippen molar-refractivity contribution >= 4 is 0 Å². The van der Waals surface area contributed by atoms with Gasteiger partial charge in [0.2, 0.25) is 0 Å². The summed E-state index contributed by atoms with van der Waals surface area (Å²) in [6, 6.07) is 4.21. The summed E-state index contributed by atoms with van der Waals surface area (Å²) in [4.78, 5) is 4.20. The largest absolute Gasteiger partial charge is 0.261 e. The highest BCUT2D eigenvalue weighted by Gasteiger charge is 1.89. The van der Waals surface area contributed by atoms with Crippen molar-refractivity contribution in [2.24, 2.45) is 0 Å². The van der Waals surface area contributed by atoms with Gasteiger partial charge in [-0.15, -0.1) is 0 Å². The standard InChI is InChI=1S/C9H13N/c1-3-4-9-6-5-8(2)10-7-9/h5-7H,3-4H2,1-2H3. The summed E-state index contributed by atoms with van der Waals surface area (Å²) in [5.74, 6) is 0. The Morgan fingerprint density at radius 2 is 2.20 bits per heavy atom. The number of rotatable bonds is 2. The van der Waals surface area contributed by atoms with Crippen LogP contribution in [0, 0.1) is 6.92 Å². The van der Waals surface area contributed by atoms with Gasteiger partial charge in [0.1, 0.15) is 0 Å². The van der Waals surface area contributed by atoms with E-state index in [4.69, 9.17) is 0 Å². The Kier molecular flexibility index (Phi) is 2.43. The van der Waals surface area contributed by atoms with Crippen LogP contribution in [0.15, 0.2) is 18.3 Å². The van der Waals surface area contributed by atoms with Crippen molar-refractivity contribution in [3.05, 3.63) is 29.6 Å². The summed E-state index contributed by atoms with van der Waals surface area (Å²) in [5.41, 5.74) is 2.44. The maximum atomic E-state index is 4.20. The molecule has 0 aliphatic carbocycles. The molecular formula is C9H13N. The zero-order valence-corrected chi connectivity index (χ0v) is 6.59. The fourth-order valence-corrected chi connectivity index (χ4v) is 0.935.